The molecule has 0 aliphatic carbocycles. The topological polar surface area (TPSA) is 38.7 Å². The van der Waals surface area contributed by atoms with Crippen LogP contribution in [0.2, 0.25) is 0 Å². The molecule has 0 unspecified atom stereocenters. The summed E-state index contributed by atoms with van der Waals surface area (Å²) in [4.78, 5) is 13.8. The number of aliphatic imine (C=N–C) groups is 1. The van der Waals surface area contributed by atoms with Gasteiger partial charge in [-0.1, -0.05) is 13.8 Å². The molecule has 52 valence electrons. The molecule has 0 N–H and O–H groups in total. The zero-order chi connectivity index (χ0) is 7.28. The van der Waals surface area contributed by atoms with Gasteiger partial charge in [-0.05, 0) is 5.92 Å². The summed E-state index contributed by atoms with van der Waals surface area (Å²) in [6, 6.07) is 0. The molecule has 0 atom stereocenters. The van der Waals surface area contributed by atoms with Crippen molar-refractivity contribution in [2.24, 2.45) is 10.9 Å². The molecule has 0 heterocycles. The van der Waals surface area contributed by atoms with Gasteiger partial charge >= 0.3 is 6.09 Å². The van der Waals surface area contributed by atoms with E-state index in [1.165, 1.54) is 7.11 Å². The number of hydrogen-bond acceptors (Lipinski definition) is 2. The van der Waals surface area contributed by atoms with Crippen LogP contribution in [0.3, 0.4) is 0 Å². The number of methoxy groups -OCH3 is 1. The second-order valence-electron chi connectivity index (χ2n) is 1.99. The fourth-order valence-electron chi connectivity index (χ4n) is 0.263. The van der Waals surface area contributed by atoms with Crippen LogP contribution in [-0.4, -0.2) is 19.4 Å². The SMILES string of the molecule is COC(=O)/N=C\C(C)C. The van der Waals surface area contributed by atoms with Gasteiger partial charge in [-0.15, -0.1) is 0 Å². The molecule has 9 heavy (non-hydrogen) atoms. The zero-order valence-corrected chi connectivity index (χ0v) is 5.92. The number of nitrogens with zero attached hydrogens (tertiary/aromatic N) is 1. The van der Waals surface area contributed by atoms with Gasteiger partial charge in [-0.3, -0.25) is 0 Å². The number of amides is 1. The number of ether oxygens (including phenoxy) is 1. The lowest BCUT2D eigenvalue weighted by Gasteiger charge is -1.91. The van der Waals surface area contributed by atoms with E-state index in [0.717, 1.165) is 0 Å². The molecule has 0 aromatic carbocycles. The minimum atomic E-state index is -0.538. The Hall–Kier alpha value is -0.860. The van der Waals surface area contributed by atoms with E-state index in [1.54, 1.807) is 6.21 Å². The van der Waals surface area contributed by atoms with Gasteiger partial charge in [0.25, 0.3) is 0 Å². The van der Waals surface area contributed by atoms with Crippen LogP contribution in [0, 0.1) is 5.92 Å². The Balaban J connectivity index is 3.57. The van der Waals surface area contributed by atoms with Crippen LogP contribution >= 0.6 is 0 Å². The summed E-state index contributed by atoms with van der Waals surface area (Å²) in [7, 11) is 1.31. The van der Waals surface area contributed by atoms with Crippen molar-refractivity contribution in [2.45, 2.75) is 13.8 Å². The quantitative estimate of drug-likeness (QED) is 0.503. The fourth-order valence-corrected chi connectivity index (χ4v) is 0.263. The van der Waals surface area contributed by atoms with Gasteiger partial charge in [0.1, 0.15) is 0 Å². The summed E-state index contributed by atoms with van der Waals surface area (Å²) in [5.74, 6) is 0.295. The maximum absolute atomic E-state index is 10.3. The van der Waals surface area contributed by atoms with Crippen molar-refractivity contribution in [1.82, 2.24) is 0 Å². The van der Waals surface area contributed by atoms with Crippen molar-refractivity contribution < 1.29 is 9.53 Å². The lowest BCUT2D eigenvalue weighted by Crippen LogP contribution is -1.95. The van der Waals surface area contributed by atoms with Gasteiger partial charge in [0, 0.05) is 6.21 Å². The van der Waals surface area contributed by atoms with Crippen LogP contribution in [0.1, 0.15) is 13.8 Å². The molecule has 0 spiro atoms. The average molecular weight is 129 g/mol. The van der Waals surface area contributed by atoms with Crippen LogP contribution in [0.5, 0.6) is 0 Å². The predicted octanol–water partition coefficient (Wildman–Crippen LogP) is 1.48. The highest BCUT2D eigenvalue weighted by Gasteiger charge is 1.91. The Morgan fingerprint density at radius 2 is 2.22 bits per heavy atom. The zero-order valence-electron chi connectivity index (χ0n) is 5.92. The van der Waals surface area contributed by atoms with Crippen molar-refractivity contribution in [3.05, 3.63) is 0 Å². The first-order valence-electron chi connectivity index (χ1n) is 2.79. The highest BCUT2D eigenvalue weighted by Crippen LogP contribution is 1.86. The Bertz CT molecular complexity index is 118. The van der Waals surface area contributed by atoms with Gasteiger partial charge in [-0.2, -0.15) is 4.99 Å². The summed E-state index contributed by atoms with van der Waals surface area (Å²) in [5, 5.41) is 0. The molecule has 0 aliphatic heterocycles. The second kappa shape index (κ2) is 4.06. The first kappa shape index (κ1) is 8.14. The molecule has 0 saturated heterocycles. The van der Waals surface area contributed by atoms with E-state index in [-0.39, 0.29) is 0 Å². The highest BCUT2D eigenvalue weighted by atomic mass is 16.5. The molecule has 0 aromatic rings. The Labute approximate surface area is 54.7 Å². The van der Waals surface area contributed by atoms with Crippen LogP contribution in [0.25, 0.3) is 0 Å². The Morgan fingerprint density at radius 1 is 1.67 bits per heavy atom. The van der Waals surface area contributed by atoms with Crippen molar-refractivity contribution in [3.63, 3.8) is 0 Å². The third-order valence-electron chi connectivity index (χ3n) is 0.653. The van der Waals surface area contributed by atoms with E-state index in [9.17, 15) is 4.79 Å². The van der Waals surface area contributed by atoms with E-state index in [4.69, 9.17) is 0 Å². The molecule has 3 nitrogen and oxygen atoms in total. The second-order valence-corrected chi connectivity index (χ2v) is 1.99. The predicted molar refractivity (Wildman–Crippen MR) is 35.7 cm³/mol. The molecular weight excluding hydrogens is 118 g/mol. The number of hydrogen-bond donors (Lipinski definition) is 0. The number of rotatable bonds is 1. The Kier molecular flexibility index (Phi) is 3.67. The minimum Gasteiger partial charge on any atom is -0.451 e. The highest BCUT2D eigenvalue weighted by molar-refractivity contribution is 5.79. The van der Waals surface area contributed by atoms with Crippen molar-refractivity contribution in [1.29, 1.82) is 0 Å². The summed E-state index contributed by atoms with van der Waals surface area (Å²) < 4.78 is 4.26. The van der Waals surface area contributed by atoms with Gasteiger partial charge in [0.15, 0.2) is 0 Å². The molecule has 0 rings (SSSR count). The summed E-state index contributed by atoms with van der Waals surface area (Å²) in [6.45, 7) is 3.87. The van der Waals surface area contributed by atoms with E-state index in [1.807, 2.05) is 13.8 Å². The molecule has 3 heteroatoms. The van der Waals surface area contributed by atoms with Crippen molar-refractivity contribution in [2.75, 3.05) is 7.11 Å². The lowest BCUT2D eigenvalue weighted by atomic mass is 10.3. The largest absolute Gasteiger partial charge is 0.451 e. The number of carbonyl (C=O) groups excluding carboxylic acids is 1. The van der Waals surface area contributed by atoms with Crippen molar-refractivity contribution >= 4 is 12.3 Å². The van der Waals surface area contributed by atoms with Crippen LogP contribution < -0.4 is 0 Å². The molecule has 0 saturated carbocycles. The van der Waals surface area contributed by atoms with E-state index in [0.29, 0.717) is 5.92 Å². The average Bonchev–Trinajstić information content (AvgIpc) is 1.83. The smallest absolute Gasteiger partial charge is 0.432 e. The molecule has 0 aliphatic rings. The normalized spacial score (nSPS) is 10.7. The van der Waals surface area contributed by atoms with Crippen molar-refractivity contribution in [3.8, 4) is 0 Å². The van der Waals surface area contributed by atoms with Crippen LogP contribution in [0.4, 0.5) is 4.79 Å². The number of carbonyl (C=O) groups is 1. The van der Waals surface area contributed by atoms with Gasteiger partial charge in [0.2, 0.25) is 0 Å². The third kappa shape index (κ3) is 5.00. The van der Waals surface area contributed by atoms with Gasteiger partial charge in [-0.25, -0.2) is 4.79 Å². The molecule has 0 fully saturated rings. The van der Waals surface area contributed by atoms with Crippen LogP contribution in [-0.2, 0) is 4.74 Å². The standard InChI is InChI=1S/C6H11NO2/c1-5(2)4-7-6(8)9-3/h4-5H,1-3H3/b7-4-. The van der Waals surface area contributed by atoms with Gasteiger partial charge in [0.05, 0.1) is 7.11 Å². The third-order valence-corrected chi connectivity index (χ3v) is 0.653. The maximum atomic E-state index is 10.3. The first-order valence-corrected chi connectivity index (χ1v) is 2.79. The minimum absolute atomic E-state index is 0.295. The summed E-state index contributed by atoms with van der Waals surface area (Å²) in [5.41, 5.74) is 0. The monoisotopic (exact) mass is 129 g/mol. The molecular formula is C6H11NO2. The maximum Gasteiger partial charge on any atom is 0.432 e. The summed E-state index contributed by atoms with van der Waals surface area (Å²) in [6.07, 6.45) is 1.01. The van der Waals surface area contributed by atoms with E-state index < -0.39 is 6.09 Å². The lowest BCUT2D eigenvalue weighted by molar-refractivity contribution is 0.182. The summed E-state index contributed by atoms with van der Waals surface area (Å²) >= 11 is 0. The molecule has 0 radical (unpaired) electrons. The molecule has 0 bridgehead atoms. The first-order chi connectivity index (χ1) is 4.16. The van der Waals surface area contributed by atoms with Crippen LogP contribution in [0.15, 0.2) is 4.99 Å². The van der Waals surface area contributed by atoms with Gasteiger partial charge < -0.3 is 4.74 Å². The molecule has 1 amide bonds. The fraction of sp³-hybridized carbons (Fsp3) is 0.667. The van der Waals surface area contributed by atoms with E-state index in [2.05, 4.69) is 9.73 Å². The van der Waals surface area contributed by atoms with E-state index >= 15 is 0 Å². The Morgan fingerprint density at radius 3 is 2.56 bits per heavy atom. The molecule has 0 aromatic heterocycles.